The summed E-state index contributed by atoms with van der Waals surface area (Å²) in [6.45, 7) is 6.27. The van der Waals surface area contributed by atoms with Gasteiger partial charge < -0.3 is 15.0 Å². The summed E-state index contributed by atoms with van der Waals surface area (Å²) in [6.07, 6.45) is 3.85. The molecule has 8 heteroatoms. The van der Waals surface area contributed by atoms with Gasteiger partial charge in [-0.05, 0) is 36.9 Å². The number of anilines is 1. The van der Waals surface area contributed by atoms with E-state index in [4.69, 9.17) is 4.74 Å². The summed E-state index contributed by atoms with van der Waals surface area (Å²) < 4.78 is 5.77. The van der Waals surface area contributed by atoms with Crippen molar-refractivity contribution in [1.29, 1.82) is 0 Å². The number of rotatable bonds is 5. The third-order valence-corrected chi connectivity index (χ3v) is 6.50. The SMILES string of the molecule is CC1CN(c2ccc(CNC(=O)c3cnc(-c4cccs4)s3)cn2)CC(C)O1. The molecule has 1 amide bonds. The number of morpholine rings is 1. The molecule has 4 heterocycles. The van der Waals surface area contributed by atoms with Gasteiger partial charge in [-0.1, -0.05) is 12.1 Å². The van der Waals surface area contributed by atoms with E-state index in [2.05, 4.69) is 34.0 Å². The van der Waals surface area contributed by atoms with Crippen LogP contribution in [0.15, 0.2) is 42.0 Å². The molecule has 6 nitrogen and oxygen atoms in total. The number of hydrogen-bond acceptors (Lipinski definition) is 7. The number of nitrogens with zero attached hydrogens (tertiary/aromatic N) is 3. The van der Waals surface area contributed by atoms with Crippen molar-refractivity contribution in [1.82, 2.24) is 15.3 Å². The van der Waals surface area contributed by atoms with Crippen molar-refractivity contribution in [3.05, 3.63) is 52.5 Å². The minimum atomic E-state index is -0.111. The minimum Gasteiger partial charge on any atom is -0.372 e. The lowest BCUT2D eigenvalue weighted by atomic mass is 10.2. The van der Waals surface area contributed by atoms with Crippen LogP contribution in [0.3, 0.4) is 0 Å². The largest absolute Gasteiger partial charge is 0.372 e. The quantitative estimate of drug-likeness (QED) is 0.688. The van der Waals surface area contributed by atoms with Gasteiger partial charge in [0.25, 0.3) is 5.91 Å². The molecule has 1 aliphatic heterocycles. The molecule has 3 aromatic heterocycles. The Morgan fingerprint density at radius 3 is 2.71 bits per heavy atom. The molecular formula is C20H22N4O2S2. The number of amides is 1. The van der Waals surface area contributed by atoms with Gasteiger partial charge in [-0.3, -0.25) is 4.79 Å². The van der Waals surface area contributed by atoms with Gasteiger partial charge in [0, 0.05) is 25.8 Å². The minimum absolute atomic E-state index is 0.111. The average molecular weight is 415 g/mol. The van der Waals surface area contributed by atoms with Crippen molar-refractivity contribution in [2.75, 3.05) is 18.0 Å². The summed E-state index contributed by atoms with van der Waals surface area (Å²) >= 11 is 3.03. The molecular weight excluding hydrogens is 392 g/mol. The Bertz CT molecular complexity index is 914. The summed E-state index contributed by atoms with van der Waals surface area (Å²) in [6, 6.07) is 8.01. The second-order valence-corrected chi connectivity index (χ2v) is 8.85. The average Bonchev–Trinajstić information content (AvgIpc) is 3.37. The summed E-state index contributed by atoms with van der Waals surface area (Å²) in [7, 11) is 0. The molecule has 146 valence electrons. The van der Waals surface area contributed by atoms with Crippen molar-refractivity contribution >= 4 is 34.4 Å². The highest BCUT2D eigenvalue weighted by atomic mass is 32.1. The number of ether oxygens (including phenoxy) is 1. The molecule has 1 aliphatic rings. The number of carbonyl (C=O) groups is 1. The predicted octanol–water partition coefficient (Wildman–Crippen LogP) is 3.81. The number of aromatic nitrogens is 2. The number of thiophene rings is 1. The fourth-order valence-electron chi connectivity index (χ4n) is 3.24. The Labute approximate surface area is 172 Å². The van der Waals surface area contributed by atoms with Crippen LogP contribution in [0.5, 0.6) is 0 Å². The van der Waals surface area contributed by atoms with Crippen LogP contribution in [0, 0.1) is 0 Å². The predicted molar refractivity (Wildman–Crippen MR) is 113 cm³/mol. The Morgan fingerprint density at radius 1 is 1.21 bits per heavy atom. The molecule has 1 fully saturated rings. The third kappa shape index (κ3) is 4.40. The molecule has 2 atom stereocenters. The molecule has 0 spiro atoms. The smallest absolute Gasteiger partial charge is 0.263 e. The van der Waals surface area contributed by atoms with E-state index in [1.165, 1.54) is 11.3 Å². The monoisotopic (exact) mass is 414 g/mol. The van der Waals surface area contributed by atoms with Crippen LogP contribution >= 0.6 is 22.7 Å². The van der Waals surface area contributed by atoms with Gasteiger partial charge in [-0.15, -0.1) is 22.7 Å². The zero-order valence-electron chi connectivity index (χ0n) is 15.8. The second-order valence-electron chi connectivity index (χ2n) is 6.88. The van der Waals surface area contributed by atoms with E-state index in [0.29, 0.717) is 11.4 Å². The maximum Gasteiger partial charge on any atom is 0.263 e. The number of carbonyl (C=O) groups excluding carboxylic acids is 1. The van der Waals surface area contributed by atoms with Crippen LogP contribution < -0.4 is 10.2 Å². The molecule has 1 N–H and O–H groups in total. The molecule has 0 aliphatic carbocycles. The van der Waals surface area contributed by atoms with E-state index in [0.717, 1.165) is 34.4 Å². The Morgan fingerprint density at radius 2 is 2.04 bits per heavy atom. The van der Waals surface area contributed by atoms with Crippen molar-refractivity contribution in [3.8, 4) is 9.88 Å². The van der Waals surface area contributed by atoms with E-state index in [-0.39, 0.29) is 18.1 Å². The van der Waals surface area contributed by atoms with Crippen molar-refractivity contribution in [2.45, 2.75) is 32.6 Å². The van der Waals surface area contributed by atoms with E-state index in [9.17, 15) is 4.79 Å². The van der Waals surface area contributed by atoms with E-state index in [1.807, 2.05) is 35.8 Å². The lowest BCUT2D eigenvalue weighted by Gasteiger charge is -2.36. The van der Waals surface area contributed by atoms with Crippen molar-refractivity contribution < 1.29 is 9.53 Å². The molecule has 0 radical (unpaired) electrons. The summed E-state index contributed by atoms with van der Waals surface area (Å²) in [4.78, 5) is 25.3. The first kappa shape index (κ1) is 19.0. The number of nitrogens with one attached hydrogen (secondary N) is 1. The highest BCUT2D eigenvalue weighted by molar-refractivity contribution is 7.21. The highest BCUT2D eigenvalue weighted by Crippen LogP contribution is 2.28. The molecule has 0 saturated carbocycles. The zero-order valence-corrected chi connectivity index (χ0v) is 17.4. The Balaban J connectivity index is 1.34. The lowest BCUT2D eigenvalue weighted by Crippen LogP contribution is -2.45. The number of thiazole rings is 1. The number of hydrogen-bond donors (Lipinski definition) is 1. The fraction of sp³-hybridized carbons (Fsp3) is 0.350. The fourth-order valence-corrected chi connectivity index (χ4v) is 4.87. The third-order valence-electron chi connectivity index (χ3n) is 4.47. The molecule has 1 saturated heterocycles. The highest BCUT2D eigenvalue weighted by Gasteiger charge is 2.23. The van der Waals surface area contributed by atoms with Crippen molar-refractivity contribution in [2.24, 2.45) is 0 Å². The molecule has 2 unspecified atom stereocenters. The van der Waals surface area contributed by atoms with Gasteiger partial charge in [-0.2, -0.15) is 0 Å². The first-order chi connectivity index (χ1) is 13.6. The molecule has 28 heavy (non-hydrogen) atoms. The normalized spacial score (nSPS) is 19.6. The number of pyridine rings is 1. The molecule has 0 bridgehead atoms. The van der Waals surface area contributed by atoms with Gasteiger partial charge in [-0.25, -0.2) is 9.97 Å². The van der Waals surface area contributed by atoms with Crippen LogP contribution in [0.4, 0.5) is 5.82 Å². The molecule has 3 aromatic rings. The van der Waals surface area contributed by atoms with Crippen molar-refractivity contribution in [3.63, 3.8) is 0 Å². The Hall–Kier alpha value is -2.29. The van der Waals surface area contributed by atoms with Gasteiger partial charge in [0.15, 0.2) is 0 Å². The summed E-state index contributed by atoms with van der Waals surface area (Å²) in [5, 5.41) is 5.83. The van der Waals surface area contributed by atoms with Crippen LogP contribution in [0.1, 0.15) is 29.1 Å². The molecule has 0 aromatic carbocycles. The summed E-state index contributed by atoms with van der Waals surface area (Å²) in [5.41, 5.74) is 0.967. The van der Waals surface area contributed by atoms with Gasteiger partial charge >= 0.3 is 0 Å². The van der Waals surface area contributed by atoms with E-state index >= 15 is 0 Å². The first-order valence-electron chi connectivity index (χ1n) is 9.21. The van der Waals surface area contributed by atoms with Crippen LogP contribution in [0.25, 0.3) is 9.88 Å². The van der Waals surface area contributed by atoms with Crippen LogP contribution in [-0.4, -0.2) is 41.2 Å². The second kappa shape index (κ2) is 8.38. The molecule has 4 rings (SSSR count). The zero-order chi connectivity index (χ0) is 19.5. The first-order valence-corrected chi connectivity index (χ1v) is 10.9. The van der Waals surface area contributed by atoms with E-state index in [1.54, 1.807) is 17.5 Å². The van der Waals surface area contributed by atoms with Gasteiger partial charge in [0.1, 0.15) is 15.7 Å². The van der Waals surface area contributed by atoms with Gasteiger partial charge in [0.2, 0.25) is 0 Å². The van der Waals surface area contributed by atoms with Crippen LogP contribution in [0.2, 0.25) is 0 Å². The van der Waals surface area contributed by atoms with Crippen LogP contribution in [-0.2, 0) is 11.3 Å². The maximum atomic E-state index is 12.4. The summed E-state index contributed by atoms with van der Waals surface area (Å²) in [5.74, 6) is 0.834. The lowest BCUT2D eigenvalue weighted by molar-refractivity contribution is -0.00546. The maximum absolute atomic E-state index is 12.4. The Kier molecular flexibility index (Phi) is 5.70. The van der Waals surface area contributed by atoms with Gasteiger partial charge in [0.05, 0.1) is 23.3 Å². The van der Waals surface area contributed by atoms with E-state index < -0.39 is 0 Å². The standard InChI is InChI=1S/C20H22N4O2S2/c1-13-11-24(12-14(2)26-13)18-6-5-15(8-21-18)9-22-19(25)17-10-23-20(28-17)16-4-3-7-27-16/h3-8,10,13-14H,9,11-12H2,1-2H3,(H,22,25). The topological polar surface area (TPSA) is 67.4 Å².